The number of nitriles is 1. The van der Waals surface area contributed by atoms with Crippen LogP contribution in [0.3, 0.4) is 0 Å². The first-order valence-electron chi connectivity index (χ1n) is 20.6. The standard InChI is InChI=1S/C41H40FN12O10PS/c42-31-34(30(19-56)63-40(31)53-23-47-32-35(45-21-46-36(32)53)49-37(57)25-5-2-1-3-6-25)64-65(66,61-15-4-12-43)62-20-26-17-29(28(26)18-55)52-22-48-33-38(50-41-44-13-14-51(41)39(33)52)60-16-11-24-7-9-27(10-8-24)54(58)59/h1-3,5-10,13-14,21-23,26,28-31,34,40,55-56H,4,11,15-20H2,(H,45,46,49,57)/t26-,28-,29-,30-,31-,34-,40-,65?/m1/s1. The highest BCUT2D eigenvalue weighted by molar-refractivity contribution is 8.07. The van der Waals surface area contributed by atoms with E-state index in [-0.39, 0.29) is 79.3 Å². The number of anilines is 1. The summed E-state index contributed by atoms with van der Waals surface area (Å²) >= 11 is 5.81. The molecule has 66 heavy (non-hydrogen) atoms. The predicted molar refractivity (Wildman–Crippen MR) is 233 cm³/mol. The first-order valence-corrected chi connectivity index (χ1v) is 23.2. The molecule has 1 aliphatic heterocycles. The lowest BCUT2D eigenvalue weighted by Gasteiger charge is -2.45. The number of halogens is 1. The molecule has 25 heteroatoms. The molecule has 22 nitrogen and oxygen atoms in total. The number of nitro benzene ring substituents is 1. The van der Waals surface area contributed by atoms with Gasteiger partial charge in [0.25, 0.3) is 11.6 Å². The summed E-state index contributed by atoms with van der Waals surface area (Å²) < 4.78 is 51.9. The minimum Gasteiger partial charge on any atom is -0.476 e. The zero-order chi connectivity index (χ0) is 46.0. The van der Waals surface area contributed by atoms with Gasteiger partial charge in [-0.05, 0) is 41.8 Å². The maximum Gasteiger partial charge on any atom is 0.327 e. The van der Waals surface area contributed by atoms with E-state index in [1.807, 2.05) is 10.6 Å². The molecule has 5 aromatic heterocycles. The number of nitrogens with zero attached hydrogens (tertiary/aromatic N) is 11. The smallest absolute Gasteiger partial charge is 0.327 e. The van der Waals surface area contributed by atoms with Crippen LogP contribution < -0.4 is 10.1 Å². The molecule has 1 saturated carbocycles. The molecule has 342 valence electrons. The van der Waals surface area contributed by atoms with Crippen molar-refractivity contribution in [2.24, 2.45) is 11.8 Å². The van der Waals surface area contributed by atoms with Crippen LogP contribution in [0.25, 0.3) is 28.1 Å². The van der Waals surface area contributed by atoms with Crippen molar-refractivity contribution in [1.29, 1.82) is 5.26 Å². The summed E-state index contributed by atoms with van der Waals surface area (Å²) in [5, 5.41) is 44.1. The third kappa shape index (κ3) is 8.82. The van der Waals surface area contributed by atoms with Crippen LogP contribution in [0.1, 0.15) is 41.0 Å². The van der Waals surface area contributed by atoms with Gasteiger partial charge in [0.2, 0.25) is 11.7 Å². The number of nitrogens with one attached hydrogen (secondary N) is 1. The fourth-order valence-electron chi connectivity index (χ4n) is 8.11. The maximum absolute atomic E-state index is 16.7. The summed E-state index contributed by atoms with van der Waals surface area (Å²) in [6.45, 7) is -4.82. The molecule has 2 aromatic carbocycles. The molecule has 0 spiro atoms. The van der Waals surface area contributed by atoms with Gasteiger partial charge in [0.05, 0.1) is 56.5 Å². The molecule has 1 saturated heterocycles. The molecule has 1 aliphatic carbocycles. The molecule has 0 bridgehead atoms. The van der Waals surface area contributed by atoms with E-state index in [1.165, 1.54) is 29.4 Å². The van der Waals surface area contributed by atoms with Gasteiger partial charge in [0, 0.05) is 55.1 Å². The number of nitro groups is 1. The number of alkyl halides is 1. The first kappa shape index (κ1) is 44.8. The van der Waals surface area contributed by atoms with E-state index < -0.39 is 48.8 Å². The molecule has 7 aromatic rings. The fourth-order valence-corrected chi connectivity index (χ4v) is 10.3. The quantitative estimate of drug-likeness (QED) is 0.0430. The van der Waals surface area contributed by atoms with Gasteiger partial charge in [-0.1, -0.05) is 30.3 Å². The Morgan fingerprint density at radius 1 is 1.03 bits per heavy atom. The van der Waals surface area contributed by atoms with Gasteiger partial charge in [-0.25, -0.2) is 29.3 Å². The number of aliphatic hydroxyl groups excluding tert-OH is 2. The van der Waals surface area contributed by atoms with Crippen molar-refractivity contribution in [2.45, 2.75) is 49.9 Å². The number of aliphatic hydroxyl groups is 2. The number of fused-ring (bicyclic) bond motifs is 4. The lowest BCUT2D eigenvalue weighted by atomic mass is 9.70. The lowest BCUT2D eigenvalue weighted by molar-refractivity contribution is -0.384. The van der Waals surface area contributed by atoms with E-state index in [2.05, 4.69) is 35.2 Å². The summed E-state index contributed by atoms with van der Waals surface area (Å²) in [6, 6.07) is 16.4. The third-order valence-corrected chi connectivity index (χ3v) is 13.9. The Kier molecular flexibility index (Phi) is 13.0. The molecule has 1 unspecified atom stereocenters. The normalized spacial score (nSPS) is 22.5. The predicted octanol–water partition coefficient (Wildman–Crippen LogP) is 4.65. The van der Waals surface area contributed by atoms with E-state index in [9.17, 15) is 30.4 Å². The van der Waals surface area contributed by atoms with Crippen LogP contribution in [-0.4, -0.2) is 116 Å². The van der Waals surface area contributed by atoms with Gasteiger partial charge in [-0.15, -0.1) is 0 Å². The number of ether oxygens (including phenoxy) is 2. The first-order chi connectivity index (χ1) is 32.1. The topological polar surface area (TPSA) is 274 Å². The van der Waals surface area contributed by atoms with Crippen molar-refractivity contribution in [2.75, 3.05) is 38.4 Å². The number of rotatable bonds is 19. The Morgan fingerprint density at radius 3 is 2.58 bits per heavy atom. The molecule has 0 radical (unpaired) electrons. The van der Waals surface area contributed by atoms with E-state index in [0.717, 1.165) is 5.56 Å². The van der Waals surface area contributed by atoms with Crippen LogP contribution >= 0.6 is 6.72 Å². The van der Waals surface area contributed by atoms with E-state index in [1.54, 1.807) is 65.6 Å². The zero-order valence-electron chi connectivity index (χ0n) is 34.6. The van der Waals surface area contributed by atoms with Crippen molar-refractivity contribution < 1.29 is 47.4 Å². The summed E-state index contributed by atoms with van der Waals surface area (Å²) in [5.74, 6) is -0.407. The fraction of sp³-hybridized carbons (Fsp3) is 0.366. The average Bonchev–Trinajstić information content (AvgIpc) is 4.13. The van der Waals surface area contributed by atoms with Crippen molar-refractivity contribution >= 4 is 64.0 Å². The maximum atomic E-state index is 16.7. The summed E-state index contributed by atoms with van der Waals surface area (Å²) in [7, 11) is 0. The molecule has 2 fully saturated rings. The van der Waals surface area contributed by atoms with Gasteiger partial charge < -0.3 is 38.6 Å². The average molecular weight is 943 g/mol. The van der Waals surface area contributed by atoms with Crippen molar-refractivity contribution in [3.8, 4) is 11.9 Å². The Labute approximate surface area is 378 Å². The second-order valence-corrected chi connectivity index (χ2v) is 18.3. The van der Waals surface area contributed by atoms with Crippen molar-refractivity contribution in [1.82, 2.24) is 43.4 Å². The monoisotopic (exact) mass is 942 g/mol. The van der Waals surface area contributed by atoms with E-state index in [0.29, 0.717) is 35.3 Å². The number of amides is 1. The molecular weight excluding hydrogens is 903 g/mol. The molecule has 1 amide bonds. The SMILES string of the molecule is N#CCCOP(=S)(OC[C@H]1C[C@@H](n2cnc3c(OCCc4ccc([N+](=O)[O-])cc4)nc4nccn4c32)[C@@H]1CO)O[C@H]1[C@@H](F)[C@H](n2cnc3c(NC(=O)c4ccccc4)ncnc32)O[C@@H]1CO. The Balaban J connectivity index is 0.888. The largest absolute Gasteiger partial charge is 0.476 e. The second kappa shape index (κ2) is 19.2. The highest BCUT2D eigenvalue weighted by atomic mass is 32.5. The number of non-ortho nitro benzene ring substituents is 1. The Hall–Kier alpha value is -6.42. The molecule has 9 rings (SSSR count). The van der Waals surface area contributed by atoms with E-state index >= 15 is 4.39 Å². The molecule has 2 aliphatic rings. The highest BCUT2D eigenvalue weighted by Crippen LogP contribution is 2.56. The summed E-state index contributed by atoms with van der Waals surface area (Å²) in [6.07, 6.45) is 2.18. The molecule has 3 N–H and O–H groups in total. The number of hydrogen-bond donors (Lipinski definition) is 3. The van der Waals surface area contributed by atoms with Crippen LogP contribution in [0.4, 0.5) is 15.9 Å². The number of hydrogen-bond acceptors (Lipinski definition) is 18. The Bertz CT molecular complexity index is 2970. The summed E-state index contributed by atoms with van der Waals surface area (Å²) in [5.41, 5.74) is 2.59. The number of carbonyl (C=O) groups is 1. The van der Waals surface area contributed by atoms with Crippen molar-refractivity contribution in [3.63, 3.8) is 0 Å². The van der Waals surface area contributed by atoms with Crippen LogP contribution in [0, 0.1) is 33.3 Å². The molecule has 6 heterocycles. The van der Waals surface area contributed by atoms with Crippen LogP contribution in [0.2, 0.25) is 0 Å². The van der Waals surface area contributed by atoms with Gasteiger partial charge in [0.1, 0.15) is 18.5 Å². The number of aromatic nitrogens is 9. The highest BCUT2D eigenvalue weighted by Gasteiger charge is 2.51. The zero-order valence-corrected chi connectivity index (χ0v) is 36.3. The van der Waals surface area contributed by atoms with E-state index in [4.69, 9.17) is 34.9 Å². The van der Waals surface area contributed by atoms with Crippen molar-refractivity contribution in [3.05, 3.63) is 107 Å². The van der Waals surface area contributed by atoms with Crippen LogP contribution in [0.5, 0.6) is 5.88 Å². The molecule has 8 atom stereocenters. The number of imidazole rings is 3. The lowest BCUT2D eigenvalue weighted by Crippen LogP contribution is -2.43. The summed E-state index contributed by atoms with van der Waals surface area (Å²) in [4.78, 5) is 49.8. The molecular formula is C41H40FN12O10PS. The number of benzene rings is 2. The second-order valence-electron chi connectivity index (χ2n) is 15.4. The number of carbonyl (C=O) groups excluding carboxylic acids is 1. The Morgan fingerprint density at radius 2 is 1.82 bits per heavy atom. The minimum absolute atomic E-state index is 0.00687. The van der Waals surface area contributed by atoms with Crippen LogP contribution in [-0.2, 0) is 36.5 Å². The van der Waals surface area contributed by atoms with Crippen LogP contribution in [0.15, 0.2) is 86.0 Å². The van der Waals surface area contributed by atoms with Gasteiger partial charge in [0.15, 0.2) is 40.5 Å². The van der Waals surface area contributed by atoms with Gasteiger partial charge in [-0.3, -0.25) is 28.4 Å². The third-order valence-electron chi connectivity index (χ3n) is 11.5. The van der Waals surface area contributed by atoms with Gasteiger partial charge in [-0.2, -0.15) is 10.2 Å². The van der Waals surface area contributed by atoms with Gasteiger partial charge >= 0.3 is 6.72 Å². The minimum atomic E-state index is -3.87.